The van der Waals surface area contributed by atoms with E-state index in [9.17, 15) is 13.2 Å². The molecule has 0 saturated heterocycles. The summed E-state index contributed by atoms with van der Waals surface area (Å²) in [4.78, 5) is 9.11. The summed E-state index contributed by atoms with van der Waals surface area (Å²) < 4.78 is 32.1. The van der Waals surface area contributed by atoms with Gasteiger partial charge in [-0.1, -0.05) is 0 Å². The quantitative estimate of drug-likeness (QED) is 0.541. The van der Waals surface area contributed by atoms with E-state index in [1.807, 2.05) is 0 Å². The molecule has 0 unspecified atom stereocenters. The maximum atomic E-state index is 10.7. The highest BCUT2D eigenvalue weighted by Crippen LogP contribution is 2.17. The molecule has 1 N–H and O–H groups in total. The van der Waals surface area contributed by atoms with Crippen molar-refractivity contribution < 1.29 is 23.1 Å². The maximum absolute atomic E-state index is 10.7. The zero-order valence-corrected chi connectivity index (χ0v) is 5.12. The lowest BCUT2D eigenvalue weighted by Crippen LogP contribution is -2.15. The van der Waals surface area contributed by atoms with Gasteiger partial charge in [0, 0.05) is 7.11 Å². The highest BCUT2D eigenvalue weighted by Gasteiger charge is 2.36. The van der Waals surface area contributed by atoms with E-state index in [2.05, 4.69) is 11.6 Å². The number of aliphatic hydroxyl groups excluding tert-OH is 1. The molecule has 0 spiro atoms. The molecule has 0 saturated carbocycles. The second-order valence-electron chi connectivity index (χ2n) is 0.771. The van der Waals surface area contributed by atoms with E-state index in [-0.39, 0.29) is 0 Å². The third-order valence-electron chi connectivity index (χ3n) is 0.223. The molecule has 2 nitrogen and oxygen atoms in total. The lowest BCUT2D eigenvalue weighted by atomic mass is 10.8. The summed E-state index contributed by atoms with van der Waals surface area (Å²) in [6.45, 7) is 0. The molecule has 0 atom stereocenters. The molecule has 0 aliphatic carbocycles. The van der Waals surface area contributed by atoms with Crippen LogP contribution in [0, 0.1) is 0 Å². The molecule has 0 aromatic heterocycles. The molecule has 0 aliphatic rings. The number of alkyl halides is 3. The van der Waals surface area contributed by atoms with Crippen LogP contribution in [-0.2, 0) is 4.79 Å². The summed E-state index contributed by atoms with van der Waals surface area (Å²) in [7, 11) is 1.00. The van der Waals surface area contributed by atoms with E-state index in [1.54, 1.807) is 0 Å². The predicted molar refractivity (Wildman–Crippen MR) is 25.1 cm³/mol. The zero-order valence-electron chi connectivity index (χ0n) is 4.37. The van der Waals surface area contributed by atoms with Gasteiger partial charge in [0.1, 0.15) is 0 Å². The third-order valence-corrected chi connectivity index (χ3v) is 0.437. The number of rotatable bonds is 0. The Morgan fingerprint density at radius 1 is 1.44 bits per heavy atom. The van der Waals surface area contributed by atoms with Crippen molar-refractivity contribution in [1.29, 1.82) is 0 Å². The van der Waals surface area contributed by atoms with Crippen LogP contribution in [0.4, 0.5) is 13.2 Å². The average molecular weight is 165 g/mol. The van der Waals surface area contributed by atoms with Gasteiger partial charge in [-0.2, -0.15) is 13.2 Å². The largest absolute Gasteiger partial charge is 0.466 e. The Balaban J connectivity index is 0. The summed E-state index contributed by atoms with van der Waals surface area (Å²) in [5.74, 6) is 0. The molecule has 0 radical (unpaired) electrons. The number of hydrogen-bond donors (Lipinski definition) is 1. The zero-order chi connectivity index (χ0) is 8.08. The van der Waals surface area contributed by atoms with Gasteiger partial charge in [-0.3, -0.25) is 4.79 Å². The summed E-state index contributed by atoms with van der Waals surface area (Å²) in [6.07, 6.45) is -4.87. The van der Waals surface area contributed by atoms with E-state index in [0.29, 0.717) is 0 Å². The minimum atomic E-state index is -4.87. The maximum Gasteiger partial charge on any atom is 0.466 e. The van der Waals surface area contributed by atoms with Crippen molar-refractivity contribution in [3.63, 3.8) is 0 Å². The monoisotopic (exact) mass is 164 g/mol. The van der Waals surface area contributed by atoms with Gasteiger partial charge in [0.15, 0.2) is 0 Å². The van der Waals surface area contributed by atoms with E-state index in [1.165, 1.54) is 0 Å². The Hall–Kier alpha value is -0.290. The van der Waals surface area contributed by atoms with Gasteiger partial charge in [0.2, 0.25) is 0 Å². The molecule has 0 aromatic rings. The second-order valence-corrected chi connectivity index (χ2v) is 1.11. The lowest BCUT2D eigenvalue weighted by Gasteiger charge is -1.93. The first-order valence-electron chi connectivity index (χ1n) is 1.66. The number of carbonyl (C=O) groups is 1. The number of halogens is 4. The van der Waals surface area contributed by atoms with Crippen LogP contribution >= 0.6 is 11.6 Å². The van der Waals surface area contributed by atoms with E-state index in [0.717, 1.165) is 7.11 Å². The summed E-state index contributed by atoms with van der Waals surface area (Å²) in [5, 5.41) is 4.72. The highest BCUT2D eigenvalue weighted by atomic mass is 35.5. The molecule has 6 heteroatoms. The Morgan fingerprint density at radius 2 is 1.56 bits per heavy atom. The SMILES string of the molecule is CO.O=C(Cl)C(F)(F)F. The van der Waals surface area contributed by atoms with Crippen molar-refractivity contribution in [1.82, 2.24) is 0 Å². The van der Waals surface area contributed by atoms with Gasteiger partial charge in [-0.15, -0.1) is 0 Å². The van der Waals surface area contributed by atoms with Crippen LogP contribution in [0.15, 0.2) is 0 Å². The normalized spacial score (nSPS) is 9.56. The Labute approximate surface area is 54.2 Å². The molecule has 0 aliphatic heterocycles. The summed E-state index contributed by atoms with van der Waals surface area (Å²) >= 11 is 3.99. The molecule has 0 heterocycles. The first-order valence-corrected chi connectivity index (χ1v) is 2.04. The third kappa shape index (κ3) is 7.71. The topological polar surface area (TPSA) is 37.3 Å². The van der Waals surface area contributed by atoms with Crippen LogP contribution in [0.2, 0.25) is 0 Å². The molecule has 0 aromatic carbocycles. The fourth-order valence-corrected chi connectivity index (χ4v) is 0. The molecular formula is C3H4ClF3O2. The van der Waals surface area contributed by atoms with Crippen LogP contribution in [0.5, 0.6) is 0 Å². The van der Waals surface area contributed by atoms with Gasteiger partial charge >= 0.3 is 11.4 Å². The lowest BCUT2D eigenvalue weighted by molar-refractivity contribution is -0.161. The Kier molecular flexibility index (Phi) is 5.85. The minimum absolute atomic E-state index is 1.00. The first kappa shape index (κ1) is 11.5. The van der Waals surface area contributed by atoms with Crippen molar-refractivity contribution in [2.24, 2.45) is 0 Å². The van der Waals surface area contributed by atoms with E-state index >= 15 is 0 Å². The van der Waals surface area contributed by atoms with Gasteiger partial charge in [0.05, 0.1) is 0 Å². The second kappa shape index (κ2) is 4.58. The van der Waals surface area contributed by atoms with Gasteiger partial charge in [-0.25, -0.2) is 0 Å². The van der Waals surface area contributed by atoms with Crippen LogP contribution in [0.3, 0.4) is 0 Å². The van der Waals surface area contributed by atoms with E-state index in [4.69, 9.17) is 9.90 Å². The molecule has 0 fully saturated rings. The van der Waals surface area contributed by atoms with Crippen molar-refractivity contribution in [3.05, 3.63) is 0 Å². The van der Waals surface area contributed by atoms with E-state index < -0.39 is 11.4 Å². The Bertz CT molecular complexity index is 89.5. The van der Waals surface area contributed by atoms with Crippen molar-refractivity contribution in [3.8, 4) is 0 Å². The minimum Gasteiger partial charge on any atom is -0.400 e. The van der Waals surface area contributed by atoms with Gasteiger partial charge < -0.3 is 5.11 Å². The standard InChI is InChI=1S/C2ClF3O.CH4O/c3-1(7)2(4,5)6;1-2/h;2H,1H3. The molecule has 9 heavy (non-hydrogen) atoms. The highest BCUT2D eigenvalue weighted by molar-refractivity contribution is 6.64. The van der Waals surface area contributed by atoms with Crippen LogP contribution in [-0.4, -0.2) is 23.6 Å². The average Bonchev–Trinajstić information content (AvgIpc) is 1.69. The van der Waals surface area contributed by atoms with Crippen LogP contribution in [0.1, 0.15) is 0 Å². The molecule has 0 bridgehead atoms. The van der Waals surface area contributed by atoms with Crippen molar-refractivity contribution >= 4 is 16.8 Å². The number of carbonyl (C=O) groups excluding carboxylic acids is 1. The van der Waals surface area contributed by atoms with Crippen molar-refractivity contribution in [2.75, 3.05) is 7.11 Å². The summed E-state index contributed by atoms with van der Waals surface area (Å²) in [6, 6.07) is 0. The van der Waals surface area contributed by atoms with Crippen LogP contribution < -0.4 is 0 Å². The molecule has 0 rings (SSSR count). The number of hydrogen-bond acceptors (Lipinski definition) is 2. The molecular weight excluding hydrogens is 160 g/mol. The smallest absolute Gasteiger partial charge is 0.400 e. The predicted octanol–water partition coefficient (Wildman–Crippen LogP) is 0.923. The van der Waals surface area contributed by atoms with Crippen LogP contribution in [0.25, 0.3) is 0 Å². The van der Waals surface area contributed by atoms with Gasteiger partial charge in [0.25, 0.3) is 0 Å². The first-order chi connectivity index (χ1) is 3.94. The van der Waals surface area contributed by atoms with Gasteiger partial charge in [-0.05, 0) is 11.6 Å². The Morgan fingerprint density at radius 3 is 1.56 bits per heavy atom. The molecule has 0 amide bonds. The fraction of sp³-hybridized carbons (Fsp3) is 0.667. The fourth-order valence-electron chi connectivity index (χ4n) is 0. The molecule has 56 valence electrons. The van der Waals surface area contributed by atoms with Crippen molar-refractivity contribution in [2.45, 2.75) is 6.18 Å². The number of aliphatic hydroxyl groups is 1. The summed E-state index contributed by atoms with van der Waals surface area (Å²) in [5.41, 5.74) is 0.